The topological polar surface area (TPSA) is 6.48 Å². The molecule has 0 aliphatic carbocycles. The second kappa shape index (κ2) is 5.01. The van der Waals surface area contributed by atoms with Gasteiger partial charge in [0.25, 0.3) is 0 Å². The number of allylic oxidation sites excluding steroid dienone is 3. The number of hydrazine groups is 1. The zero-order valence-electron chi connectivity index (χ0n) is 9.62. The second-order valence-electron chi connectivity index (χ2n) is 3.20. The number of likely N-dealkylation sites (N-methyl/N-ethyl adjacent to an activating group) is 1. The second-order valence-corrected chi connectivity index (χ2v) is 3.20. The molecule has 0 fully saturated rings. The average molecular weight is 192 g/mol. The molecule has 0 bridgehead atoms. The Balaban J connectivity index is 0.000000461. The quantitative estimate of drug-likeness (QED) is 0.630. The molecule has 2 heteroatoms. The summed E-state index contributed by atoms with van der Waals surface area (Å²) in [7, 11) is 2.12. The smallest absolute Gasteiger partial charge is 0.0578 e. The van der Waals surface area contributed by atoms with Crippen molar-refractivity contribution >= 4 is 0 Å². The molecule has 2 heterocycles. The van der Waals surface area contributed by atoms with Gasteiger partial charge in [0.1, 0.15) is 0 Å². The Labute approximate surface area is 87.2 Å². The fourth-order valence-corrected chi connectivity index (χ4v) is 1.74. The third-order valence-corrected chi connectivity index (χ3v) is 2.42. The van der Waals surface area contributed by atoms with E-state index in [0.29, 0.717) is 0 Å². The first-order chi connectivity index (χ1) is 6.83. The van der Waals surface area contributed by atoms with Crippen LogP contribution in [0.2, 0.25) is 0 Å². The van der Waals surface area contributed by atoms with Gasteiger partial charge in [-0.15, -0.1) is 0 Å². The lowest BCUT2D eigenvalue weighted by Gasteiger charge is -2.25. The number of hydrogen-bond acceptors (Lipinski definition) is 2. The van der Waals surface area contributed by atoms with Gasteiger partial charge in [0.15, 0.2) is 0 Å². The van der Waals surface area contributed by atoms with E-state index in [2.05, 4.69) is 48.4 Å². The number of fused-ring (bicyclic) bond motifs is 1. The van der Waals surface area contributed by atoms with Gasteiger partial charge < -0.3 is 0 Å². The highest BCUT2D eigenvalue weighted by atomic mass is 15.6. The van der Waals surface area contributed by atoms with E-state index in [9.17, 15) is 0 Å². The average Bonchev–Trinajstić information content (AvgIpc) is 2.59. The maximum atomic E-state index is 2.23. The van der Waals surface area contributed by atoms with Crippen molar-refractivity contribution in [3.05, 3.63) is 35.7 Å². The fraction of sp³-hybridized carbons (Fsp3) is 0.500. The molecule has 0 saturated heterocycles. The van der Waals surface area contributed by atoms with Crippen molar-refractivity contribution < 1.29 is 0 Å². The van der Waals surface area contributed by atoms with Gasteiger partial charge in [0.2, 0.25) is 0 Å². The molecule has 2 nitrogen and oxygen atoms in total. The summed E-state index contributed by atoms with van der Waals surface area (Å²) < 4.78 is 0. The van der Waals surface area contributed by atoms with Crippen LogP contribution in [0.25, 0.3) is 0 Å². The van der Waals surface area contributed by atoms with E-state index >= 15 is 0 Å². The minimum atomic E-state index is 1.07. The van der Waals surface area contributed by atoms with Gasteiger partial charge in [0, 0.05) is 19.8 Å². The lowest BCUT2D eigenvalue weighted by Crippen LogP contribution is -2.29. The van der Waals surface area contributed by atoms with E-state index in [1.165, 1.54) is 11.3 Å². The summed E-state index contributed by atoms with van der Waals surface area (Å²) >= 11 is 0. The molecule has 2 rings (SSSR count). The van der Waals surface area contributed by atoms with Gasteiger partial charge in [-0.1, -0.05) is 26.8 Å². The standard InChI is InChI=1S/C10H14N2.C2H6/c1-3-9-8-11(2)12-7-5-4-6-10(9)12;1-2/h4-7H,3,8H2,1-2H3;1-2H3. The van der Waals surface area contributed by atoms with Gasteiger partial charge in [-0.2, -0.15) is 0 Å². The summed E-state index contributed by atoms with van der Waals surface area (Å²) in [5.41, 5.74) is 2.89. The van der Waals surface area contributed by atoms with Gasteiger partial charge in [-0.3, -0.25) is 5.01 Å². The number of rotatable bonds is 1. The maximum absolute atomic E-state index is 2.23. The Morgan fingerprint density at radius 3 is 2.64 bits per heavy atom. The van der Waals surface area contributed by atoms with Crippen LogP contribution in [-0.2, 0) is 0 Å². The zero-order valence-corrected chi connectivity index (χ0v) is 9.62. The predicted molar refractivity (Wildman–Crippen MR) is 61.4 cm³/mol. The molecule has 2 aliphatic rings. The Kier molecular flexibility index (Phi) is 3.96. The lowest BCUT2D eigenvalue weighted by atomic mass is 10.1. The van der Waals surface area contributed by atoms with E-state index in [1.807, 2.05) is 13.8 Å². The van der Waals surface area contributed by atoms with E-state index in [-0.39, 0.29) is 0 Å². The monoisotopic (exact) mass is 192 g/mol. The largest absolute Gasteiger partial charge is 0.282 e. The Morgan fingerprint density at radius 1 is 1.29 bits per heavy atom. The summed E-state index contributed by atoms with van der Waals surface area (Å²) in [5, 5.41) is 4.44. The van der Waals surface area contributed by atoms with Crippen molar-refractivity contribution in [1.82, 2.24) is 10.0 Å². The summed E-state index contributed by atoms with van der Waals surface area (Å²) in [6, 6.07) is 0. The van der Waals surface area contributed by atoms with E-state index in [0.717, 1.165) is 13.0 Å². The van der Waals surface area contributed by atoms with Crippen LogP contribution in [0.1, 0.15) is 27.2 Å². The highest BCUT2D eigenvalue weighted by Crippen LogP contribution is 2.27. The van der Waals surface area contributed by atoms with E-state index < -0.39 is 0 Å². The lowest BCUT2D eigenvalue weighted by molar-refractivity contribution is 0.131. The summed E-state index contributed by atoms with van der Waals surface area (Å²) in [5.74, 6) is 0. The van der Waals surface area contributed by atoms with Crippen molar-refractivity contribution in [2.75, 3.05) is 13.6 Å². The Bertz CT molecular complexity index is 274. The van der Waals surface area contributed by atoms with Gasteiger partial charge in [-0.05, 0) is 24.1 Å². The molecule has 14 heavy (non-hydrogen) atoms. The van der Waals surface area contributed by atoms with Gasteiger partial charge >= 0.3 is 0 Å². The SMILES string of the molecule is CC.CCC1=C2C=CC=CN2N(C)C1. The highest BCUT2D eigenvalue weighted by molar-refractivity contribution is 5.35. The normalized spacial score (nSPS) is 19.6. The molecule has 0 N–H and O–H groups in total. The first-order valence-electron chi connectivity index (χ1n) is 5.40. The van der Waals surface area contributed by atoms with Crippen LogP contribution in [0.15, 0.2) is 35.7 Å². The molecule has 0 saturated carbocycles. The van der Waals surface area contributed by atoms with Gasteiger partial charge in [0.05, 0.1) is 5.70 Å². The molecule has 0 atom stereocenters. The third-order valence-electron chi connectivity index (χ3n) is 2.42. The van der Waals surface area contributed by atoms with Crippen LogP contribution in [0.4, 0.5) is 0 Å². The molecule has 0 aromatic rings. The molecular weight excluding hydrogens is 172 g/mol. The summed E-state index contributed by atoms with van der Waals surface area (Å²) in [6.45, 7) is 7.28. The molecule has 0 radical (unpaired) electrons. The molecule has 0 unspecified atom stereocenters. The van der Waals surface area contributed by atoms with Crippen LogP contribution < -0.4 is 0 Å². The predicted octanol–water partition coefficient (Wildman–Crippen LogP) is 2.92. The van der Waals surface area contributed by atoms with E-state index in [1.54, 1.807) is 0 Å². The first-order valence-corrected chi connectivity index (χ1v) is 5.40. The molecule has 2 aliphatic heterocycles. The van der Waals surface area contributed by atoms with Crippen LogP contribution >= 0.6 is 0 Å². The van der Waals surface area contributed by atoms with Crippen LogP contribution in [0, 0.1) is 0 Å². The first kappa shape index (κ1) is 11.1. The number of nitrogens with zero attached hydrogens (tertiary/aromatic N) is 2. The van der Waals surface area contributed by atoms with Crippen molar-refractivity contribution in [3.8, 4) is 0 Å². The van der Waals surface area contributed by atoms with Crippen molar-refractivity contribution in [1.29, 1.82) is 0 Å². The molecular formula is C12H20N2. The fourth-order valence-electron chi connectivity index (χ4n) is 1.74. The van der Waals surface area contributed by atoms with E-state index in [4.69, 9.17) is 0 Å². The minimum absolute atomic E-state index is 1.07. The number of hydrogen-bond donors (Lipinski definition) is 0. The third kappa shape index (κ3) is 1.90. The Morgan fingerprint density at radius 2 is 2.00 bits per heavy atom. The minimum Gasteiger partial charge on any atom is -0.282 e. The van der Waals surface area contributed by atoms with Crippen molar-refractivity contribution in [2.24, 2.45) is 0 Å². The van der Waals surface area contributed by atoms with Gasteiger partial charge in [-0.25, -0.2) is 5.01 Å². The Hall–Kier alpha value is -1.02. The zero-order chi connectivity index (χ0) is 10.6. The highest BCUT2D eigenvalue weighted by Gasteiger charge is 2.23. The van der Waals surface area contributed by atoms with Crippen LogP contribution in [0.5, 0.6) is 0 Å². The van der Waals surface area contributed by atoms with Crippen molar-refractivity contribution in [2.45, 2.75) is 27.2 Å². The molecule has 0 amide bonds. The summed E-state index contributed by atoms with van der Waals surface area (Å²) in [6.07, 6.45) is 9.61. The molecule has 0 spiro atoms. The summed E-state index contributed by atoms with van der Waals surface area (Å²) in [4.78, 5) is 0. The molecule has 78 valence electrons. The van der Waals surface area contributed by atoms with Crippen LogP contribution in [0.3, 0.4) is 0 Å². The molecule has 0 aromatic heterocycles. The van der Waals surface area contributed by atoms with Crippen LogP contribution in [-0.4, -0.2) is 23.6 Å². The maximum Gasteiger partial charge on any atom is 0.0578 e. The van der Waals surface area contributed by atoms with Crippen molar-refractivity contribution in [3.63, 3.8) is 0 Å². The molecule has 0 aromatic carbocycles.